The van der Waals surface area contributed by atoms with E-state index in [0.29, 0.717) is 43.8 Å². The number of ether oxygens (including phenoxy) is 2. The van der Waals surface area contributed by atoms with Crippen LogP contribution in [0.4, 0.5) is 15.8 Å². The third kappa shape index (κ3) is 5.51. The number of aromatic nitrogens is 1. The van der Waals surface area contributed by atoms with Crippen LogP contribution < -0.4 is 20.3 Å². The van der Waals surface area contributed by atoms with Crippen molar-refractivity contribution in [2.24, 2.45) is 0 Å². The summed E-state index contributed by atoms with van der Waals surface area (Å²) in [6.07, 6.45) is 1.71. The molecule has 4 aromatic rings. The maximum atomic E-state index is 14.7. The van der Waals surface area contributed by atoms with Gasteiger partial charge in [0.15, 0.2) is 5.11 Å². The van der Waals surface area contributed by atoms with Gasteiger partial charge >= 0.3 is 0 Å². The molecule has 0 saturated carbocycles. The Morgan fingerprint density at radius 2 is 2.03 bits per heavy atom. The van der Waals surface area contributed by atoms with Gasteiger partial charge in [-0.25, -0.2) is 4.39 Å². The van der Waals surface area contributed by atoms with Crippen molar-refractivity contribution in [1.82, 2.24) is 10.3 Å². The van der Waals surface area contributed by atoms with Crippen molar-refractivity contribution in [2.75, 3.05) is 31.0 Å². The molecule has 8 nitrogen and oxygen atoms in total. The van der Waals surface area contributed by atoms with Gasteiger partial charge in [-0.3, -0.25) is 9.78 Å². The van der Waals surface area contributed by atoms with E-state index < -0.39 is 11.9 Å². The molecule has 1 amide bonds. The molecule has 2 N–H and O–H groups in total. The fraction of sp³-hybridized carbons (Fsp3) is 0.179. The Hall–Kier alpha value is -3.80. The number of thiocarbonyl (C=S) groups is 1. The molecule has 39 heavy (non-hydrogen) atoms. The number of halogens is 2. The van der Waals surface area contributed by atoms with E-state index in [-0.39, 0.29) is 18.6 Å². The summed E-state index contributed by atoms with van der Waals surface area (Å²) < 4.78 is 32.0. The van der Waals surface area contributed by atoms with Gasteiger partial charge in [0.2, 0.25) is 5.91 Å². The lowest BCUT2D eigenvalue weighted by molar-refractivity contribution is -0.119. The van der Waals surface area contributed by atoms with Crippen molar-refractivity contribution in [1.29, 1.82) is 0 Å². The fourth-order valence-corrected chi connectivity index (χ4v) is 5.21. The lowest BCUT2D eigenvalue weighted by atomic mass is 10.0. The number of methoxy groups -OCH3 is 2. The number of carbonyl (C=O) groups is 1. The van der Waals surface area contributed by atoms with Gasteiger partial charge in [0.05, 0.1) is 30.1 Å². The average molecular weight is 611 g/mol. The molecule has 0 spiro atoms. The van der Waals surface area contributed by atoms with Crippen LogP contribution in [0.25, 0.3) is 11.3 Å². The highest BCUT2D eigenvalue weighted by Gasteiger charge is 2.43. The van der Waals surface area contributed by atoms with E-state index in [4.69, 9.17) is 26.1 Å². The van der Waals surface area contributed by atoms with Crippen molar-refractivity contribution in [2.45, 2.75) is 12.1 Å². The molecule has 2 aromatic carbocycles. The topological polar surface area (TPSA) is 88.9 Å². The van der Waals surface area contributed by atoms with Crippen LogP contribution in [0.5, 0.6) is 5.75 Å². The third-order valence-corrected chi connectivity index (χ3v) is 7.03. The van der Waals surface area contributed by atoms with E-state index in [9.17, 15) is 9.18 Å². The maximum Gasteiger partial charge on any atom is 0.250 e. The number of benzene rings is 2. The van der Waals surface area contributed by atoms with Crippen LogP contribution >= 0.6 is 28.1 Å². The number of amides is 1. The first kappa shape index (κ1) is 26.8. The first-order valence-electron chi connectivity index (χ1n) is 11.9. The van der Waals surface area contributed by atoms with Crippen molar-refractivity contribution < 1.29 is 23.1 Å². The third-order valence-electron chi connectivity index (χ3n) is 6.22. The summed E-state index contributed by atoms with van der Waals surface area (Å²) in [5.41, 5.74) is 2.22. The Bertz CT molecular complexity index is 1520. The zero-order chi connectivity index (χ0) is 27.5. The van der Waals surface area contributed by atoms with Crippen molar-refractivity contribution in [3.63, 3.8) is 0 Å². The second-order valence-electron chi connectivity index (χ2n) is 8.69. The van der Waals surface area contributed by atoms with Crippen molar-refractivity contribution in [3.8, 4) is 17.1 Å². The molecule has 11 heteroatoms. The van der Waals surface area contributed by atoms with E-state index in [0.717, 1.165) is 5.69 Å². The molecule has 1 aliphatic rings. The van der Waals surface area contributed by atoms with Crippen molar-refractivity contribution >= 4 is 50.5 Å². The number of carbonyl (C=O) groups excluding carboxylic acids is 1. The van der Waals surface area contributed by atoms with Crippen LogP contribution in [-0.4, -0.2) is 36.8 Å². The summed E-state index contributed by atoms with van der Waals surface area (Å²) in [5, 5.41) is 6.61. The molecule has 200 valence electrons. The van der Waals surface area contributed by atoms with Crippen LogP contribution in [0, 0.1) is 5.82 Å². The lowest BCUT2D eigenvalue weighted by Crippen LogP contribution is -2.29. The molecular formula is C28H24BrFN4O4S. The molecule has 5 rings (SSSR count). The maximum absolute atomic E-state index is 14.7. The highest BCUT2D eigenvalue weighted by atomic mass is 79.9. The number of nitrogens with one attached hydrogen (secondary N) is 2. The van der Waals surface area contributed by atoms with Gasteiger partial charge in [-0.05, 0) is 72.9 Å². The Kier molecular flexibility index (Phi) is 7.92. The first-order valence-corrected chi connectivity index (χ1v) is 13.1. The van der Waals surface area contributed by atoms with E-state index in [1.54, 1.807) is 36.5 Å². The monoisotopic (exact) mass is 610 g/mol. The van der Waals surface area contributed by atoms with Crippen molar-refractivity contribution in [3.05, 3.63) is 94.7 Å². The summed E-state index contributed by atoms with van der Waals surface area (Å²) in [4.78, 5) is 18.7. The summed E-state index contributed by atoms with van der Waals surface area (Å²) >= 11 is 9.08. The predicted octanol–water partition coefficient (Wildman–Crippen LogP) is 6.01. The summed E-state index contributed by atoms with van der Waals surface area (Å²) in [6, 6.07) is 18.5. The van der Waals surface area contributed by atoms with E-state index in [1.165, 1.54) is 20.3 Å². The average Bonchev–Trinajstić information content (AvgIpc) is 3.54. The molecule has 1 saturated heterocycles. The Labute approximate surface area is 238 Å². The van der Waals surface area contributed by atoms with Gasteiger partial charge in [-0.2, -0.15) is 0 Å². The fourth-order valence-electron chi connectivity index (χ4n) is 4.53. The quantitative estimate of drug-likeness (QED) is 0.234. The van der Waals surface area contributed by atoms with Crippen LogP contribution in [0.3, 0.4) is 0 Å². The second kappa shape index (κ2) is 11.5. The number of nitrogens with zero attached hydrogens (tertiary/aromatic N) is 2. The minimum Gasteiger partial charge on any atom is -0.495 e. The number of furan rings is 1. The Morgan fingerprint density at radius 1 is 1.18 bits per heavy atom. The highest BCUT2D eigenvalue weighted by Crippen LogP contribution is 2.44. The van der Waals surface area contributed by atoms with Crippen LogP contribution in [-0.2, 0) is 9.53 Å². The van der Waals surface area contributed by atoms with Gasteiger partial charge in [-0.15, -0.1) is 0 Å². The number of rotatable bonds is 8. The van der Waals surface area contributed by atoms with Crippen LogP contribution in [0.2, 0.25) is 0 Å². The predicted molar refractivity (Wildman–Crippen MR) is 153 cm³/mol. The molecule has 3 heterocycles. The SMILES string of the molecule is COCC(=O)Nc1cc(N2C(=S)N[C@@H](c3ccccn3)[C@H]2c2ccc(-c3ccc(Br)cc3F)o2)ccc1OC. The molecule has 2 atom stereocenters. The Morgan fingerprint density at radius 3 is 2.74 bits per heavy atom. The zero-order valence-corrected chi connectivity index (χ0v) is 23.4. The minimum atomic E-state index is -0.476. The Balaban J connectivity index is 1.59. The standard InChI is InChI=1S/C28H24BrFN4O4S/c1-36-15-25(35)32-21-14-17(7-9-23(21)37-2)34-27(26(33-28(34)39)20-5-3-4-12-31-20)24-11-10-22(38-24)18-8-6-16(29)13-19(18)30/h3-14,26-27H,15H2,1-2H3,(H,32,35)(H,33,39)/t26-,27+/m0/s1. The largest absolute Gasteiger partial charge is 0.495 e. The van der Waals surface area contributed by atoms with Crippen LogP contribution in [0.15, 0.2) is 81.8 Å². The molecule has 0 unspecified atom stereocenters. The van der Waals surface area contributed by atoms with Gasteiger partial charge in [0.1, 0.15) is 35.7 Å². The number of hydrogen-bond donors (Lipinski definition) is 2. The normalized spacial score (nSPS) is 16.7. The van der Waals surface area contributed by atoms with Gasteiger partial charge in [0.25, 0.3) is 0 Å². The van der Waals surface area contributed by atoms with Gasteiger partial charge in [-0.1, -0.05) is 22.0 Å². The first-order chi connectivity index (χ1) is 18.9. The zero-order valence-electron chi connectivity index (χ0n) is 21.0. The minimum absolute atomic E-state index is 0.108. The highest BCUT2D eigenvalue weighted by molar-refractivity contribution is 9.10. The van der Waals surface area contributed by atoms with Crippen LogP contribution in [0.1, 0.15) is 23.5 Å². The number of pyridine rings is 1. The molecule has 1 fully saturated rings. The smallest absolute Gasteiger partial charge is 0.250 e. The van der Waals surface area contributed by atoms with E-state index >= 15 is 0 Å². The summed E-state index contributed by atoms with van der Waals surface area (Å²) in [7, 11) is 2.97. The molecule has 1 aliphatic heterocycles. The number of anilines is 2. The van der Waals surface area contributed by atoms with E-state index in [1.807, 2.05) is 35.2 Å². The van der Waals surface area contributed by atoms with Gasteiger partial charge < -0.3 is 29.4 Å². The van der Waals surface area contributed by atoms with E-state index in [2.05, 4.69) is 31.5 Å². The molecular weight excluding hydrogens is 587 g/mol. The molecule has 2 aromatic heterocycles. The summed E-state index contributed by atoms with van der Waals surface area (Å²) in [5.74, 6) is 0.677. The second-order valence-corrected chi connectivity index (χ2v) is 9.99. The molecule has 0 bridgehead atoms. The lowest BCUT2D eigenvalue weighted by Gasteiger charge is -2.27. The van der Waals surface area contributed by atoms with Gasteiger partial charge in [0, 0.05) is 23.5 Å². The molecule has 0 aliphatic carbocycles. The summed E-state index contributed by atoms with van der Waals surface area (Å²) in [6.45, 7) is -0.108. The molecule has 0 radical (unpaired) electrons. The number of hydrogen-bond acceptors (Lipinski definition) is 6.